The number of pyridine rings is 2. The predicted molar refractivity (Wildman–Crippen MR) is 57.7 cm³/mol. The molecule has 0 aliphatic carbocycles. The third-order valence-corrected chi connectivity index (χ3v) is 3.14. The molecular weight excluding hydrogens is 196 g/mol. The smallest absolute Gasteiger partial charge is 0.266 e. The second-order valence-electron chi connectivity index (χ2n) is 3.04. The van der Waals surface area contributed by atoms with Crippen LogP contribution in [0.3, 0.4) is 0 Å². The van der Waals surface area contributed by atoms with Crippen molar-refractivity contribution in [2.24, 2.45) is 0 Å². The van der Waals surface area contributed by atoms with E-state index in [4.69, 9.17) is 0 Å². The normalized spacial score (nSPS) is 11.1. The number of aromatic nitrogens is 2. The van der Waals surface area contributed by atoms with Crippen LogP contribution < -0.4 is 5.56 Å². The van der Waals surface area contributed by atoms with E-state index in [0.717, 1.165) is 21.0 Å². The third kappa shape index (κ3) is 0.914. The molecule has 0 spiro atoms. The van der Waals surface area contributed by atoms with Crippen LogP contribution in [-0.2, 0) is 0 Å². The molecule has 3 nitrogen and oxygen atoms in total. The van der Waals surface area contributed by atoms with Gasteiger partial charge in [0.05, 0.1) is 11.7 Å². The summed E-state index contributed by atoms with van der Waals surface area (Å²) >= 11 is 1.46. The fourth-order valence-electron chi connectivity index (χ4n) is 1.61. The van der Waals surface area contributed by atoms with Crippen molar-refractivity contribution in [3.05, 3.63) is 40.3 Å². The van der Waals surface area contributed by atoms with Crippen molar-refractivity contribution in [3.8, 4) is 0 Å². The molecule has 3 aromatic heterocycles. The van der Waals surface area contributed by atoms with Gasteiger partial charge in [-0.2, -0.15) is 0 Å². The van der Waals surface area contributed by atoms with Crippen LogP contribution in [0.15, 0.2) is 34.7 Å². The number of aromatic amines is 1. The molecule has 0 atom stereocenters. The Hall–Kier alpha value is -1.68. The van der Waals surface area contributed by atoms with E-state index in [1.165, 1.54) is 11.3 Å². The van der Waals surface area contributed by atoms with Gasteiger partial charge in [0, 0.05) is 17.0 Å². The van der Waals surface area contributed by atoms with Crippen LogP contribution in [0.4, 0.5) is 0 Å². The average molecular weight is 202 g/mol. The first-order valence-electron chi connectivity index (χ1n) is 4.19. The first-order valence-corrected chi connectivity index (χ1v) is 5.07. The van der Waals surface area contributed by atoms with Gasteiger partial charge in [-0.1, -0.05) is 0 Å². The topological polar surface area (TPSA) is 45.8 Å². The summed E-state index contributed by atoms with van der Waals surface area (Å²) in [7, 11) is 0. The molecule has 0 saturated carbocycles. The molecule has 68 valence electrons. The highest BCUT2D eigenvalue weighted by Crippen LogP contribution is 2.23. The van der Waals surface area contributed by atoms with Crippen LogP contribution in [0.25, 0.3) is 21.0 Å². The lowest BCUT2D eigenvalue weighted by atomic mass is 10.2. The summed E-state index contributed by atoms with van der Waals surface area (Å²) in [4.78, 5) is 18.4. The Labute approximate surface area is 83.0 Å². The summed E-state index contributed by atoms with van der Waals surface area (Å²) in [6.45, 7) is 0. The maximum absolute atomic E-state index is 11.6. The van der Waals surface area contributed by atoms with Crippen molar-refractivity contribution in [1.82, 2.24) is 9.97 Å². The van der Waals surface area contributed by atoms with Crippen LogP contribution in [0.2, 0.25) is 0 Å². The van der Waals surface area contributed by atoms with Crippen molar-refractivity contribution < 1.29 is 0 Å². The molecule has 0 fully saturated rings. The lowest BCUT2D eigenvalue weighted by molar-refractivity contribution is 1.29. The van der Waals surface area contributed by atoms with Crippen LogP contribution in [0.5, 0.6) is 0 Å². The molecule has 0 bridgehead atoms. The summed E-state index contributed by atoms with van der Waals surface area (Å²) in [6, 6.07) is 3.89. The van der Waals surface area contributed by atoms with Crippen molar-refractivity contribution in [2.75, 3.05) is 0 Å². The molecule has 0 radical (unpaired) electrons. The van der Waals surface area contributed by atoms with Crippen LogP contribution in [0.1, 0.15) is 0 Å². The van der Waals surface area contributed by atoms with Gasteiger partial charge in [-0.25, -0.2) is 0 Å². The Morgan fingerprint density at radius 2 is 2.21 bits per heavy atom. The molecule has 0 aliphatic rings. The maximum Gasteiger partial charge on any atom is 0.266 e. The Balaban J connectivity index is 2.73. The fraction of sp³-hybridized carbons (Fsp3) is 0. The minimum Gasteiger partial charge on any atom is -0.319 e. The molecule has 1 N–H and O–H groups in total. The molecule has 0 saturated heterocycles. The number of rotatable bonds is 0. The van der Waals surface area contributed by atoms with E-state index in [9.17, 15) is 4.79 Å². The summed E-state index contributed by atoms with van der Waals surface area (Å²) in [5.74, 6) is 0. The zero-order valence-electron chi connectivity index (χ0n) is 7.15. The summed E-state index contributed by atoms with van der Waals surface area (Å²) in [6.07, 6.45) is 3.41. The first kappa shape index (κ1) is 7.70. The third-order valence-electron chi connectivity index (χ3n) is 2.23. The first-order chi connectivity index (χ1) is 6.86. The van der Waals surface area contributed by atoms with E-state index < -0.39 is 0 Å². The largest absolute Gasteiger partial charge is 0.319 e. The molecule has 0 unspecified atom stereocenters. The highest BCUT2D eigenvalue weighted by atomic mass is 32.1. The number of hydrogen-bond acceptors (Lipinski definition) is 3. The van der Waals surface area contributed by atoms with Crippen molar-refractivity contribution in [2.45, 2.75) is 0 Å². The van der Waals surface area contributed by atoms with E-state index in [1.807, 2.05) is 17.5 Å². The molecular formula is C10H6N2OS. The molecule has 0 aliphatic heterocycles. The lowest BCUT2D eigenvalue weighted by Crippen LogP contribution is -2.03. The van der Waals surface area contributed by atoms with Gasteiger partial charge in [-0.3, -0.25) is 9.78 Å². The summed E-state index contributed by atoms with van der Waals surface area (Å²) in [5.41, 5.74) is 0.763. The quantitative estimate of drug-likeness (QED) is 0.607. The van der Waals surface area contributed by atoms with Gasteiger partial charge in [0.2, 0.25) is 0 Å². The second kappa shape index (κ2) is 2.65. The monoisotopic (exact) mass is 202 g/mol. The Bertz CT molecular complexity index is 668. The number of hydrogen-bond donors (Lipinski definition) is 1. The Morgan fingerprint density at radius 1 is 1.29 bits per heavy atom. The second-order valence-corrected chi connectivity index (χ2v) is 3.95. The number of nitrogens with one attached hydrogen (secondary N) is 1. The number of nitrogens with zero attached hydrogens (tertiary/aromatic N) is 1. The standard InChI is InChI=1S/C10H6N2OS/c13-10-9-7(2-4-14-9)6-1-3-11-5-8(6)12-10/h1-5H,(H,12,13). The van der Waals surface area contributed by atoms with Gasteiger partial charge in [-0.15, -0.1) is 11.3 Å². The van der Waals surface area contributed by atoms with Gasteiger partial charge in [0.1, 0.15) is 4.70 Å². The molecule has 3 rings (SSSR count). The summed E-state index contributed by atoms with van der Waals surface area (Å²) in [5, 5.41) is 3.99. The number of H-pyrrole nitrogens is 1. The molecule has 0 amide bonds. The van der Waals surface area contributed by atoms with Crippen LogP contribution in [-0.4, -0.2) is 9.97 Å². The zero-order valence-corrected chi connectivity index (χ0v) is 7.97. The summed E-state index contributed by atoms with van der Waals surface area (Å²) < 4.78 is 0.781. The molecule has 14 heavy (non-hydrogen) atoms. The van der Waals surface area contributed by atoms with Crippen molar-refractivity contribution in [1.29, 1.82) is 0 Å². The molecule has 3 aromatic rings. The van der Waals surface area contributed by atoms with Crippen molar-refractivity contribution in [3.63, 3.8) is 0 Å². The van der Waals surface area contributed by atoms with E-state index in [2.05, 4.69) is 9.97 Å². The van der Waals surface area contributed by atoms with Gasteiger partial charge in [-0.05, 0) is 17.5 Å². The minimum absolute atomic E-state index is 0.0319. The van der Waals surface area contributed by atoms with E-state index in [-0.39, 0.29) is 5.56 Å². The predicted octanol–water partition coefficient (Wildman–Crippen LogP) is 2.14. The molecule has 3 heterocycles. The fourth-order valence-corrected chi connectivity index (χ4v) is 2.41. The lowest BCUT2D eigenvalue weighted by Gasteiger charge is -1.97. The highest BCUT2D eigenvalue weighted by Gasteiger charge is 2.04. The average Bonchev–Trinajstić information content (AvgIpc) is 2.67. The zero-order chi connectivity index (χ0) is 9.54. The van der Waals surface area contributed by atoms with E-state index in [0.29, 0.717) is 0 Å². The van der Waals surface area contributed by atoms with Crippen molar-refractivity contribution >= 4 is 32.3 Å². The van der Waals surface area contributed by atoms with E-state index >= 15 is 0 Å². The SMILES string of the molecule is O=c1[nH]c2cnccc2c2ccsc12. The van der Waals surface area contributed by atoms with Gasteiger partial charge < -0.3 is 4.98 Å². The minimum atomic E-state index is -0.0319. The highest BCUT2D eigenvalue weighted by molar-refractivity contribution is 7.17. The maximum atomic E-state index is 11.6. The van der Waals surface area contributed by atoms with Crippen LogP contribution >= 0.6 is 11.3 Å². The Morgan fingerprint density at radius 3 is 3.14 bits per heavy atom. The van der Waals surface area contributed by atoms with Gasteiger partial charge in [0.15, 0.2) is 0 Å². The van der Waals surface area contributed by atoms with Crippen LogP contribution in [0, 0.1) is 0 Å². The Kier molecular flexibility index (Phi) is 1.46. The van der Waals surface area contributed by atoms with Gasteiger partial charge >= 0.3 is 0 Å². The molecule has 4 heteroatoms. The van der Waals surface area contributed by atoms with Gasteiger partial charge in [0.25, 0.3) is 5.56 Å². The van der Waals surface area contributed by atoms with E-state index in [1.54, 1.807) is 12.4 Å². The molecule has 0 aromatic carbocycles. The number of fused-ring (bicyclic) bond motifs is 3. The number of thiophene rings is 1.